The molecular formula is C12H12O3. The van der Waals surface area contributed by atoms with Crippen LogP contribution in [0, 0.1) is 13.8 Å². The number of rotatable bonds is 1. The van der Waals surface area contributed by atoms with Crippen LogP contribution in [-0.2, 0) is 0 Å². The molecule has 0 saturated carbocycles. The first-order chi connectivity index (χ1) is 7.11. The Morgan fingerprint density at radius 3 is 2.53 bits per heavy atom. The van der Waals surface area contributed by atoms with E-state index in [0.29, 0.717) is 16.9 Å². The lowest BCUT2D eigenvalue weighted by Gasteiger charge is -2.05. The van der Waals surface area contributed by atoms with Crippen molar-refractivity contribution in [2.45, 2.75) is 13.8 Å². The Hall–Kier alpha value is -1.77. The summed E-state index contributed by atoms with van der Waals surface area (Å²) in [4.78, 5) is 11.3. The maximum atomic E-state index is 11.3. The second-order valence-electron chi connectivity index (χ2n) is 3.57. The Balaban J connectivity index is 2.86. The van der Waals surface area contributed by atoms with E-state index in [1.807, 2.05) is 19.1 Å². The van der Waals surface area contributed by atoms with Crippen molar-refractivity contribution in [3.63, 3.8) is 0 Å². The summed E-state index contributed by atoms with van der Waals surface area (Å²) in [6.07, 6.45) is 0. The number of methoxy groups -OCH3 is 1. The quantitative estimate of drug-likeness (QED) is 0.669. The van der Waals surface area contributed by atoms with Crippen molar-refractivity contribution in [2.75, 3.05) is 7.11 Å². The molecule has 78 valence electrons. The molecule has 0 aliphatic rings. The van der Waals surface area contributed by atoms with Gasteiger partial charge in [-0.3, -0.25) is 0 Å². The minimum absolute atomic E-state index is 0.296. The van der Waals surface area contributed by atoms with E-state index in [9.17, 15) is 4.79 Å². The molecule has 0 unspecified atom stereocenters. The molecule has 15 heavy (non-hydrogen) atoms. The maximum Gasteiger partial charge on any atom is 0.339 e. The van der Waals surface area contributed by atoms with Crippen molar-refractivity contribution in [2.24, 2.45) is 0 Å². The Bertz CT molecular complexity index is 567. The van der Waals surface area contributed by atoms with Crippen LogP contribution in [0.25, 0.3) is 11.0 Å². The van der Waals surface area contributed by atoms with Crippen LogP contribution in [0.3, 0.4) is 0 Å². The van der Waals surface area contributed by atoms with E-state index in [1.54, 1.807) is 20.1 Å². The summed E-state index contributed by atoms with van der Waals surface area (Å²) in [7, 11) is 1.59. The van der Waals surface area contributed by atoms with Gasteiger partial charge in [0.2, 0.25) is 0 Å². The van der Waals surface area contributed by atoms with Gasteiger partial charge in [0.25, 0.3) is 0 Å². The highest BCUT2D eigenvalue weighted by molar-refractivity contribution is 5.82. The maximum absolute atomic E-state index is 11.3. The zero-order valence-corrected chi connectivity index (χ0v) is 8.96. The fraction of sp³-hybridized carbons (Fsp3) is 0.250. The van der Waals surface area contributed by atoms with Gasteiger partial charge in [-0.15, -0.1) is 0 Å². The first kappa shape index (κ1) is 9.77. The molecule has 0 bridgehead atoms. The van der Waals surface area contributed by atoms with E-state index in [1.165, 1.54) is 0 Å². The van der Waals surface area contributed by atoms with Crippen LogP contribution in [0.5, 0.6) is 5.75 Å². The molecule has 1 heterocycles. The average molecular weight is 204 g/mol. The highest BCUT2D eigenvalue weighted by Crippen LogP contribution is 2.24. The zero-order valence-electron chi connectivity index (χ0n) is 8.96. The van der Waals surface area contributed by atoms with Gasteiger partial charge in [0, 0.05) is 17.0 Å². The van der Waals surface area contributed by atoms with Gasteiger partial charge < -0.3 is 9.15 Å². The molecule has 3 heteroatoms. The third kappa shape index (κ3) is 1.61. The molecule has 0 spiro atoms. The molecule has 2 rings (SSSR count). The van der Waals surface area contributed by atoms with E-state index in [2.05, 4.69) is 0 Å². The Kier molecular flexibility index (Phi) is 2.23. The van der Waals surface area contributed by atoms with Crippen LogP contribution in [-0.4, -0.2) is 7.11 Å². The molecule has 0 amide bonds. The molecule has 0 aliphatic carbocycles. The van der Waals surface area contributed by atoms with Crippen molar-refractivity contribution >= 4 is 11.0 Å². The fourth-order valence-electron chi connectivity index (χ4n) is 1.58. The summed E-state index contributed by atoms with van der Waals surface area (Å²) in [5.74, 6) is 0.701. The lowest BCUT2D eigenvalue weighted by atomic mass is 10.1. The molecule has 0 fully saturated rings. The lowest BCUT2D eigenvalue weighted by Crippen LogP contribution is -2.02. The molecule has 0 aliphatic heterocycles. The van der Waals surface area contributed by atoms with Crippen LogP contribution in [0.1, 0.15) is 11.1 Å². The van der Waals surface area contributed by atoms with E-state index in [4.69, 9.17) is 9.15 Å². The number of aryl methyl sites for hydroxylation is 2. The normalized spacial score (nSPS) is 10.6. The van der Waals surface area contributed by atoms with Crippen LogP contribution in [0.15, 0.2) is 27.4 Å². The predicted molar refractivity (Wildman–Crippen MR) is 58.5 cm³/mol. The highest BCUT2D eigenvalue weighted by Gasteiger charge is 2.05. The van der Waals surface area contributed by atoms with E-state index in [-0.39, 0.29) is 5.63 Å². The Labute approximate surface area is 87.3 Å². The van der Waals surface area contributed by atoms with Gasteiger partial charge >= 0.3 is 5.63 Å². The predicted octanol–water partition coefficient (Wildman–Crippen LogP) is 2.42. The number of fused-ring (bicyclic) bond motifs is 1. The molecule has 0 radical (unpaired) electrons. The van der Waals surface area contributed by atoms with E-state index in [0.717, 1.165) is 10.9 Å². The van der Waals surface area contributed by atoms with Gasteiger partial charge in [-0.1, -0.05) is 0 Å². The van der Waals surface area contributed by atoms with Gasteiger partial charge in [-0.25, -0.2) is 4.79 Å². The monoisotopic (exact) mass is 204 g/mol. The first-order valence-corrected chi connectivity index (χ1v) is 4.71. The van der Waals surface area contributed by atoms with Gasteiger partial charge in [0.15, 0.2) is 0 Å². The summed E-state index contributed by atoms with van der Waals surface area (Å²) < 4.78 is 10.3. The minimum Gasteiger partial charge on any atom is -0.497 e. The molecule has 0 atom stereocenters. The van der Waals surface area contributed by atoms with Crippen molar-refractivity contribution in [1.29, 1.82) is 0 Å². The van der Waals surface area contributed by atoms with Crippen LogP contribution in [0.4, 0.5) is 0 Å². The molecule has 3 nitrogen and oxygen atoms in total. The fourth-order valence-corrected chi connectivity index (χ4v) is 1.58. The van der Waals surface area contributed by atoms with Crippen LogP contribution >= 0.6 is 0 Å². The number of hydrogen-bond donors (Lipinski definition) is 0. The molecule has 1 aromatic heterocycles. The molecule has 0 N–H and O–H groups in total. The highest BCUT2D eigenvalue weighted by atomic mass is 16.5. The van der Waals surface area contributed by atoms with Crippen molar-refractivity contribution in [3.05, 3.63) is 39.7 Å². The van der Waals surface area contributed by atoms with Gasteiger partial charge in [0.05, 0.1) is 7.11 Å². The van der Waals surface area contributed by atoms with Gasteiger partial charge in [-0.05, 0) is 31.5 Å². The minimum atomic E-state index is -0.296. The van der Waals surface area contributed by atoms with E-state index >= 15 is 0 Å². The Morgan fingerprint density at radius 2 is 1.87 bits per heavy atom. The molecule has 2 aromatic rings. The smallest absolute Gasteiger partial charge is 0.339 e. The SMILES string of the molecule is COc1cc(C)c2cc(C)c(=O)oc2c1. The summed E-state index contributed by atoms with van der Waals surface area (Å²) >= 11 is 0. The average Bonchev–Trinajstić information content (AvgIpc) is 2.21. The second kappa shape index (κ2) is 3.42. The lowest BCUT2D eigenvalue weighted by molar-refractivity contribution is 0.413. The number of hydrogen-bond acceptors (Lipinski definition) is 3. The summed E-state index contributed by atoms with van der Waals surface area (Å²) in [6, 6.07) is 5.49. The van der Waals surface area contributed by atoms with Crippen LogP contribution in [0.2, 0.25) is 0 Å². The largest absolute Gasteiger partial charge is 0.497 e. The second-order valence-corrected chi connectivity index (χ2v) is 3.57. The summed E-state index contributed by atoms with van der Waals surface area (Å²) in [5, 5.41) is 0.952. The Morgan fingerprint density at radius 1 is 1.13 bits per heavy atom. The summed E-state index contributed by atoms with van der Waals surface area (Å²) in [6.45, 7) is 3.71. The summed E-state index contributed by atoms with van der Waals surface area (Å²) in [5.41, 5.74) is 1.93. The van der Waals surface area contributed by atoms with Crippen LogP contribution < -0.4 is 10.4 Å². The molecule has 1 aromatic carbocycles. The van der Waals surface area contributed by atoms with Crippen molar-refractivity contribution in [3.8, 4) is 5.75 Å². The molecular weight excluding hydrogens is 192 g/mol. The van der Waals surface area contributed by atoms with Crippen molar-refractivity contribution < 1.29 is 9.15 Å². The standard InChI is InChI=1S/C12H12O3/c1-7-4-9(14-3)6-11-10(7)5-8(2)12(13)15-11/h4-6H,1-3H3. The molecule has 0 saturated heterocycles. The van der Waals surface area contributed by atoms with Gasteiger partial charge in [-0.2, -0.15) is 0 Å². The number of benzene rings is 1. The first-order valence-electron chi connectivity index (χ1n) is 4.71. The zero-order chi connectivity index (χ0) is 11.0. The van der Waals surface area contributed by atoms with Gasteiger partial charge in [0.1, 0.15) is 11.3 Å². The third-order valence-electron chi connectivity index (χ3n) is 2.44. The topological polar surface area (TPSA) is 39.4 Å². The number of ether oxygens (including phenoxy) is 1. The third-order valence-corrected chi connectivity index (χ3v) is 2.44. The van der Waals surface area contributed by atoms with E-state index < -0.39 is 0 Å². The van der Waals surface area contributed by atoms with Crippen molar-refractivity contribution in [1.82, 2.24) is 0 Å².